The summed E-state index contributed by atoms with van der Waals surface area (Å²) < 4.78 is 8.29. The lowest BCUT2D eigenvalue weighted by Crippen LogP contribution is -2.49. The molecule has 13 nitrogen and oxygen atoms in total. The van der Waals surface area contributed by atoms with Crippen molar-refractivity contribution >= 4 is 73.8 Å². The number of nitrogens with zero attached hydrogens (tertiary/aromatic N) is 5. The van der Waals surface area contributed by atoms with Crippen LogP contribution in [0.5, 0.6) is 11.5 Å². The normalized spacial score (nSPS) is 25.7. The van der Waals surface area contributed by atoms with Crippen LogP contribution in [0.3, 0.4) is 0 Å². The molecule has 0 unspecified atom stereocenters. The molecule has 284 valence electrons. The summed E-state index contributed by atoms with van der Waals surface area (Å²) in [6.45, 7) is 3.70. The van der Waals surface area contributed by atoms with E-state index in [1.54, 1.807) is 32.2 Å². The van der Waals surface area contributed by atoms with Crippen molar-refractivity contribution in [3.8, 4) is 22.1 Å². The molecular formula is C41H34ClN5O8S. The molecule has 9 rings (SSSR count). The van der Waals surface area contributed by atoms with Gasteiger partial charge in [-0.1, -0.05) is 35.4 Å². The Labute approximate surface area is 328 Å². The molecule has 3 fully saturated rings. The molecule has 1 N–H and O–H groups in total. The fraction of sp³-hybridized carbons (Fsp3) is 0.293. The number of imide groups is 2. The number of rotatable bonds is 6. The summed E-state index contributed by atoms with van der Waals surface area (Å²) in [6, 6.07) is 17.6. The minimum Gasteiger partial charge on any atom is -0.508 e. The zero-order chi connectivity index (χ0) is 39.5. The van der Waals surface area contributed by atoms with Crippen LogP contribution in [0.15, 0.2) is 78.4 Å². The van der Waals surface area contributed by atoms with Gasteiger partial charge in [0.1, 0.15) is 23.0 Å². The Hall–Kier alpha value is -5.86. The maximum absolute atomic E-state index is 15.2. The number of aromatic nitrogens is 2. The lowest BCUT2D eigenvalue weighted by molar-refractivity contribution is -0.384. The van der Waals surface area contributed by atoms with Gasteiger partial charge < -0.3 is 9.84 Å². The average Bonchev–Trinajstić information content (AvgIpc) is 3.85. The molecule has 4 heterocycles. The number of hydrogen-bond donors (Lipinski definition) is 1. The van der Waals surface area contributed by atoms with Gasteiger partial charge in [-0.3, -0.25) is 34.0 Å². The molecule has 56 heavy (non-hydrogen) atoms. The molecule has 15 heteroatoms. The van der Waals surface area contributed by atoms with Crippen molar-refractivity contribution in [3.63, 3.8) is 0 Å². The highest BCUT2D eigenvalue weighted by Gasteiger charge is 2.68. The van der Waals surface area contributed by atoms with Gasteiger partial charge in [-0.05, 0) is 80.0 Å². The number of benzene rings is 3. The number of fused-ring (bicyclic) bond motifs is 5. The number of aryl methyl sites for hydroxylation is 2. The predicted molar refractivity (Wildman–Crippen MR) is 209 cm³/mol. The fourth-order valence-electron chi connectivity index (χ4n) is 9.76. The second-order valence-corrected chi connectivity index (χ2v) is 16.5. The quantitative estimate of drug-likeness (QED) is 0.0803. The van der Waals surface area contributed by atoms with Crippen LogP contribution in [-0.2, 0) is 26.2 Å². The van der Waals surface area contributed by atoms with Gasteiger partial charge >= 0.3 is 0 Å². The molecule has 0 radical (unpaired) electrons. The first-order valence-corrected chi connectivity index (χ1v) is 19.2. The first-order valence-electron chi connectivity index (χ1n) is 18.1. The number of allylic oxidation sites excluding steroid dienone is 2. The number of aromatic hydroxyl groups is 1. The molecule has 2 saturated heterocycles. The second-order valence-electron chi connectivity index (χ2n) is 15.1. The van der Waals surface area contributed by atoms with Crippen molar-refractivity contribution in [1.29, 1.82) is 0 Å². The number of nitro benzene ring substituents is 1. The van der Waals surface area contributed by atoms with E-state index in [9.17, 15) is 29.6 Å². The van der Waals surface area contributed by atoms with Crippen molar-refractivity contribution in [2.24, 2.45) is 36.1 Å². The molecule has 2 aromatic heterocycles. The zero-order valence-electron chi connectivity index (χ0n) is 30.6. The van der Waals surface area contributed by atoms with E-state index in [1.165, 1.54) is 58.4 Å². The third-order valence-corrected chi connectivity index (χ3v) is 13.9. The fourth-order valence-corrected chi connectivity index (χ4v) is 11.1. The minimum atomic E-state index is -1.46. The van der Waals surface area contributed by atoms with Crippen molar-refractivity contribution in [3.05, 3.63) is 105 Å². The number of carbonyl (C=O) groups excluding carboxylic acids is 4. The average molecular weight is 792 g/mol. The number of amides is 4. The van der Waals surface area contributed by atoms with E-state index in [0.717, 1.165) is 25.4 Å². The summed E-state index contributed by atoms with van der Waals surface area (Å²) >= 11 is 7.84. The van der Waals surface area contributed by atoms with E-state index in [2.05, 4.69) is 0 Å². The lowest BCUT2D eigenvalue weighted by atomic mass is 9.51. The molecule has 3 aromatic carbocycles. The zero-order valence-corrected chi connectivity index (χ0v) is 32.1. The topological polar surface area (TPSA) is 165 Å². The third kappa shape index (κ3) is 4.87. The van der Waals surface area contributed by atoms with Gasteiger partial charge in [0.2, 0.25) is 23.6 Å². The lowest BCUT2D eigenvalue weighted by Gasteiger charge is -2.49. The molecule has 0 bridgehead atoms. The highest BCUT2D eigenvalue weighted by atomic mass is 35.5. The van der Waals surface area contributed by atoms with Gasteiger partial charge in [0, 0.05) is 46.5 Å². The number of non-ortho nitro benzene ring substituents is 1. The summed E-state index contributed by atoms with van der Waals surface area (Å²) in [5.74, 6) is -5.90. The molecule has 5 aromatic rings. The van der Waals surface area contributed by atoms with Crippen LogP contribution in [0.2, 0.25) is 5.02 Å². The van der Waals surface area contributed by atoms with Crippen molar-refractivity contribution in [2.45, 2.75) is 32.6 Å². The van der Waals surface area contributed by atoms with E-state index < -0.39 is 63.6 Å². The van der Waals surface area contributed by atoms with Crippen LogP contribution < -0.4 is 14.5 Å². The van der Waals surface area contributed by atoms with Crippen molar-refractivity contribution < 1.29 is 33.9 Å². The highest BCUT2D eigenvalue weighted by Crippen LogP contribution is 2.65. The summed E-state index contributed by atoms with van der Waals surface area (Å²) in [4.78, 5) is 72.6. The van der Waals surface area contributed by atoms with Crippen LogP contribution in [0.4, 0.5) is 17.2 Å². The van der Waals surface area contributed by atoms with Crippen molar-refractivity contribution in [2.75, 3.05) is 16.9 Å². The van der Waals surface area contributed by atoms with Crippen molar-refractivity contribution in [1.82, 2.24) is 9.78 Å². The van der Waals surface area contributed by atoms with Gasteiger partial charge in [0.25, 0.3) is 5.69 Å². The first-order chi connectivity index (χ1) is 26.8. The first kappa shape index (κ1) is 35.8. The predicted octanol–water partition coefficient (Wildman–Crippen LogP) is 7.32. The number of nitro groups is 1. The smallest absolute Gasteiger partial charge is 0.271 e. The van der Waals surface area contributed by atoms with Crippen LogP contribution >= 0.6 is 22.9 Å². The summed E-state index contributed by atoms with van der Waals surface area (Å²) in [5, 5.41) is 29.5. The summed E-state index contributed by atoms with van der Waals surface area (Å²) in [6.07, 6.45) is 2.08. The summed E-state index contributed by atoms with van der Waals surface area (Å²) in [7, 11) is 3.12. The van der Waals surface area contributed by atoms with E-state index >= 15 is 4.79 Å². The number of anilines is 2. The summed E-state index contributed by atoms with van der Waals surface area (Å²) in [5.41, 5.74) is 0.858. The number of phenolic OH excluding ortho intramolecular Hbond substituents is 1. The molecule has 6 atom stereocenters. The molecule has 4 aliphatic rings. The number of phenols is 1. The second kappa shape index (κ2) is 12.6. The Balaban J connectivity index is 1.17. The number of hydrogen-bond acceptors (Lipinski definition) is 10. The highest BCUT2D eigenvalue weighted by molar-refractivity contribution is 7.22. The molecular weight excluding hydrogens is 758 g/mol. The Kier molecular flexibility index (Phi) is 8.05. The van der Waals surface area contributed by atoms with Gasteiger partial charge in [-0.25, -0.2) is 9.80 Å². The Morgan fingerprint density at radius 2 is 1.77 bits per heavy atom. The number of carbonyl (C=O) groups is 4. The van der Waals surface area contributed by atoms with Crippen LogP contribution in [0.25, 0.3) is 20.7 Å². The van der Waals surface area contributed by atoms with Crippen LogP contribution in [0.1, 0.15) is 36.8 Å². The molecule has 4 amide bonds. The minimum absolute atomic E-state index is 0.0691. The number of halogens is 1. The number of ether oxygens (including phenoxy) is 1. The van der Waals surface area contributed by atoms with Crippen LogP contribution in [0, 0.1) is 46.1 Å². The van der Waals surface area contributed by atoms with E-state index in [0.29, 0.717) is 27.6 Å². The van der Waals surface area contributed by atoms with E-state index in [4.69, 9.17) is 21.4 Å². The molecule has 0 spiro atoms. The van der Waals surface area contributed by atoms with E-state index in [1.807, 2.05) is 31.2 Å². The largest absolute Gasteiger partial charge is 0.508 e. The Morgan fingerprint density at radius 1 is 1.00 bits per heavy atom. The van der Waals surface area contributed by atoms with Gasteiger partial charge in [0.15, 0.2) is 0 Å². The monoisotopic (exact) mass is 791 g/mol. The van der Waals surface area contributed by atoms with E-state index in [-0.39, 0.29) is 35.8 Å². The third-order valence-electron chi connectivity index (χ3n) is 12.3. The number of thiophene rings is 1. The Bertz CT molecular complexity index is 2630. The standard InChI is InChI=1S/C41H34ClN5O8S/c1-19-25-15-20(42)11-14-31(25)56-36(19)28-18-32(44(3)43-28)46-38(50)27-17-26-23(35(41(27,2)40(46)52)34-29(48)9-6-10-30(34)55-4)12-13-24-33(26)39(51)45(37(24)49)21-7-5-8-22(16-21)47(53)54/h5-12,14-16,18,24,26-27,33,35,48H,13,17H2,1-4H3/t24-,26+,27-,33-,35+,41+/m0/s1. The molecule has 1 saturated carbocycles. The maximum Gasteiger partial charge on any atom is 0.271 e. The van der Waals surface area contributed by atoms with Crippen LogP contribution in [-0.4, -0.2) is 50.5 Å². The Morgan fingerprint density at radius 3 is 2.52 bits per heavy atom. The maximum atomic E-state index is 15.2. The van der Waals surface area contributed by atoms with Gasteiger partial charge in [-0.2, -0.15) is 5.10 Å². The SMILES string of the molecule is COc1cccc(O)c1[C@H]1C2=CC[C@@H]3C(=O)N(c4cccc([N+](=O)[O-])c4)C(=O)[C@@H]3[C@@H]2C[C@H]2C(=O)N(c3cc(-c4sc5ccc(Cl)cc5c4C)nn3C)C(=O)[C@@]12C. The molecule has 2 aliphatic heterocycles. The number of methoxy groups -OCH3 is 1. The van der Waals surface area contributed by atoms with Gasteiger partial charge in [0.05, 0.1) is 45.8 Å². The molecule has 2 aliphatic carbocycles. The van der Waals surface area contributed by atoms with Gasteiger partial charge in [-0.15, -0.1) is 11.3 Å².